The van der Waals surface area contributed by atoms with Gasteiger partial charge in [0.15, 0.2) is 11.5 Å². The number of nitrogens with zero attached hydrogens (tertiary/aromatic N) is 1. The lowest BCUT2D eigenvalue weighted by Crippen LogP contribution is -2.38. The molecule has 8 nitrogen and oxygen atoms in total. The number of rotatable bonds is 8. The summed E-state index contributed by atoms with van der Waals surface area (Å²) in [6.45, 7) is 2.72. The van der Waals surface area contributed by atoms with Crippen molar-refractivity contribution in [3.63, 3.8) is 0 Å². The largest absolute Gasteiger partial charge is 0.493 e. The molecule has 0 aliphatic carbocycles. The number of methoxy groups -OCH3 is 4. The predicted octanol–water partition coefficient (Wildman–Crippen LogP) is 1.53. The number of carbonyl (C=O) groups excluding carboxylic acids is 2. The average Bonchev–Trinajstić information content (AvgIpc) is 3.03. The first-order valence-corrected chi connectivity index (χ1v) is 8.34. The lowest BCUT2D eigenvalue weighted by molar-refractivity contribution is -0.130. The van der Waals surface area contributed by atoms with Gasteiger partial charge in [0.2, 0.25) is 17.6 Å². The molecule has 0 aromatic heterocycles. The van der Waals surface area contributed by atoms with Crippen molar-refractivity contribution in [2.75, 3.05) is 46.9 Å². The van der Waals surface area contributed by atoms with Gasteiger partial charge in [-0.05, 0) is 6.92 Å². The molecule has 0 spiro atoms. The van der Waals surface area contributed by atoms with Crippen molar-refractivity contribution >= 4 is 17.5 Å². The molecular weight excluding hydrogens is 340 g/mol. The molecule has 0 unspecified atom stereocenters. The quantitative estimate of drug-likeness (QED) is 0.751. The van der Waals surface area contributed by atoms with Crippen LogP contribution in [0, 0.1) is 5.92 Å². The van der Waals surface area contributed by atoms with E-state index in [9.17, 15) is 9.59 Å². The molecule has 2 rings (SSSR count). The molecule has 8 heteroatoms. The van der Waals surface area contributed by atoms with Crippen molar-refractivity contribution in [3.05, 3.63) is 12.1 Å². The maximum Gasteiger partial charge on any atom is 0.229 e. The minimum atomic E-state index is -0.416. The summed E-state index contributed by atoms with van der Waals surface area (Å²) in [5.41, 5.74) is 0.514. The first-order chi connectivity index (χ1) is 12.4. The maximum absolute atomic E-state index is 12.6. The summed E-state index contributed by atoms with van der Waals surface area (Å²) in [7, 11) is 6.12. The molecule has 0 bridgehead atoms. The smallest absolute Gasteiger partial charge is 0.229 e. The Balaban J connectivity index is 2.12. The van der Waals surface area contributed by atoms with E-state index in [4.69, 9.17) is 18.9 Å². The molecule has 1 aromatic rings. The Labute approximate surface area is 153 Å². The summed E-state index contributed by atoms with van der Waals surface area (Å²) in [5.74, 6) is 0.656. The van der Waals surface area contributed by atoms with Gasteiger partial charge in [-0.15, -0.1) is 0 Å². The van der Waals surface area contributed by atoms with Crippen molar-refractivity contribution in [1.82, 2.24) is 4.90 Å². The van der Waals surface area contributed by atoms with E-state index in [0.717, 1.165) is 0 Å². The standard InChI is InChI=1S/C18H26N2O6/c1-11(10-23-2)20-9-12(6-16(20)21)18(22)19-13-7-14(24-3)17(26-5)15(8-13)25-4/h7-8,11-12H,6,9-10H2,1-5H3,(H,19,22)/t11-,12+/m1/s1. The first-order valence-electron chi connectivity index (χ1n) is 8.34. The topological polar surface area (TPSA) is 86.3 Å². The Morgan fingerprint density at radius 3 is 2.31 bits per heavy atom. The van der Waals surface area contributed by atoms with Gasteiger partial charge in [-0.1, -0.05) is 0 Å². The summed E-state index contributed by atoms with van der Waals surface area (Å²) < 4.78 is 20.9. The van der Waals surface area contributed by atoms with Crippen LogP contribution in [0.4, 0.5) is 5.69 Å². The normalized spacial score (nSPS) is 17.8. The molecule has 1 fully saturated rings. The third-order valence-corrected chi connectivity index (χ3v) is 4.40. The Hall–Kier alpha value is -2.48. The van der Waals surface area contributed by atoms with Crippen LogP contribution in [0.2, 0.25) is 0 Å². The van der Waals surface area contributed by atoms with E-state index in [2.05, 4.69) is 5.32 Å². The molecule has 1 N–H and O–H groups in total. The maximum atomic E-state index is 12.6. The average molecular weight is 366 g/mol. The molecule has 1 aromatic carbocycles. The molecule has 26 heavy (non-hydrogen) atoms. The molecule has 2 amide bonds. The monoisotopic (exact) mass is 366 g/mol. The van der Waals surface area contributed by atoms with E-state index in [1.54, 1.807) is 24.1 Å². The van der Waals surface area contributed by atoms with E-state index in [1.807, 2.05) is 6.92 Å². The molecule has 0 radical (unpaired) electrons. The van der Waals surface area contributed by atoms with Gasteiger partial charge in [0, 0.05) is 37.9 Å². The SMILES string of the molecule is COC[C@@H](C)N1C[C@@H](C(=O)Nc2cc(OC)c(OC)c(OC)c2)CC1=O. The van der Waals surface area contributed by atoms with Gasteiger partial charge in [0.05, 0.1) is 39.9 Å². The van der Waals surface area contributed by atoms with Gasteiger partial charge < -0.3 is 29.2 Å². The number of hydrogen-bond acceptors (Lipinski definition) is 6. The van der Waals surface area contributed by atoms with Gasteiger partial charge in [0.1, 0.15) is 0 Å². The van der Waals surface area contributed by atoms with Crippen molar-refractivity contribution in [1.29, 1.82) is 0 Å². The lowest BCUT2D eigenvalue weighted by Gasteiger charge is -2.24. The number of hydrogen-bond donors (Lipinski definition) is 1. The Bertz CT molecular complexity index is 638. The van der Waals surface area contributed by atoms with Crippen molar-refractivity contribution < 1.29 is 28.5 Å². The van der Waals surface area contributed by atoms with Crippen LogP contribution >= 0.6 is 0 Å². The number of anilines is 1. The summed E-state index contributed by atoms with van der Waals surface area (Å²) in [6.07, 6.45) is 0.185. The van der Waals surface area contributed by atoms with Crippen LogP contribution in [-0.4, -0.2) is 64.3 Å². The molecule has 144 valence electrons. The predicted molar refractivity (Wildman–Crippen MR) is 95.9 cm³/mol. The van der Waals surface area contributed by atoms with Gasteiger partial charge in [0.25, 0.3) is 0 Å². The minimum Gasteiger partial charge on any atom is -0.493 e. The highest BCUT2D eigenvalue weighted by Gasteiger charge is 2.36. The van der Waals surface area contributed by atoms with Gasteiger partial charge in [-0.25, -0.2) is 0 Å². The zero-order valence-corrected chi connectivity index (χ0v) is 15.8. The van der Waals surface area contributed by atoms with E-state index in [0.29, 0.717) is 36.1 Å². The zero-order valence-electron chi connectivity index (χ0n) is 15.8. The van der Waals surface area contributed by atoms with E-state index >= 15 is 0 Å². The van der Waals surface area contributed by atoms with Crippen molar-refractivity contribution in [2.24, 2.45) is 5.92 Å². The Kier molecular flexibility index (Phi) is 6.68. The molecule has 1 heterocycles. The van der Waals surface area contributed by atoms with Crippen LogP contribution in [0.15, 0.2) is 12.1 Å². The number of benzene rings is 1. The molecule has 1 aliphatic heterocycles. The van der Waals surface area contributed by atoms with E-state index < -0.39 is 5.92 Å². The highest BCUT2D eigenvalue weighted by atomic mass is 16.5. The van der Waals surface area contributed by atoms with Crippen molar-refractivity contribution in [3.8, 4) is 17.2 Å². The Morgan fingerprint density at radius 1 is 1.19 bits per heavy atom. The molecule has 1 saturated heterocycles. The molecular formula is C18H26N2O6. The second-order valence-corrected chi connectivity index (χ2v) is 6.15. The second-order valence-electron chi connectivity index (χ2n) is 6.15. The summed E-state index contributed by atoms with van der Waals surface area (Å²) in [6, 6.07) is 3.24. The summed E-state index contributed by atoms with van der Waals surface area (Å²) >= 11 is 0. The lowest BCUT2D eigenvalue weighted by atomic mass is 10.1. The number of amides is 2. The number of nitrogens with one attached hydrogen (secondary N) is 1. The molecule has 2 atom stereocenters. The fourth-order valence-electron chi connectivity index (χ4n) is 3.06. The highest BCUT2D eigenvalue weighted by molar-refractivity contribution is 5.97. The molecule has 1 aliphatic rings. The molecule has 0 saturated carbocycles. The fourth-order valence-corrected chi connectivity index (χ4v) is 3.06. The van der Waals surface area contributed by atoms with Crippen LogP contribution in [-0.2, 0) is 14.3 Å². The minimum absolute atomic E-state index is 0.0420. The number of likely N-dealkylation sites (tertiary alicyclic amines) is 1. The number of carbonyl (C=O) groups is 2. The van der Waals surface area contributed by atoms with Crippen LogP contribution in [0.3, 0.4) is 0 Å². The second kappa shape index (κ2) is 8.75. The first kappa shape index (κ1) is 19.8. The van der Waals surface area contributed by atoms with Crippen LogP contribution in [0.5, 0.6) is 17.2 Å². The Morgan fingerprint density at radius 2 is 1.81 bits per heavy atom. The van der Waals surface area contributed by atoms with E-state index in [1.165, 1.54) is 21.3 Å². The van der Waals surface area contributed by atoms with Gasteiger partial charge in [-0.2, -0.15) is 0 Å². The van der Waals surface area contributed by atoms with Crippen LogP contribution in [0.1, 0.15) is 13.3 Å². The third kappa shape index (κ3) is 4.19. The van der Waals surface area contributed by atoms with Crippen LogP contribution in [0.25, 0.3) is 0 Å². The zero-order chi connectivity index (χ0) is 19.3. The van der Waals surface area contributed by atoms with Crippen LogP contribution < -0.4 is 19.5 Å². The van der Waals surface area contributed by atoms with Gasteiger partial charge >= 0.3 is 0 Å². The summed E-state index contributed by atoms with van der Waals surface area (Å²) in [5, 5.41) is 2.83. The highest BCUT2D eigenvalue weighted by Crippen LogP contribution is 2.40. The fraction of sp³-hybridized carbons (Fsp3) is 0.556. The number of ether oxygens (including phenoxy) is 4. The summed E-state index contributed by atoms with van der Waals surface area (Å²) in [4.78, 5) is 26.5. The van der Waals surface area contributed by atoms with E-state index in [-0.39, 0.29) is 24.3 Å². The third-order valence-electron chi connectivity index (χ3n) is 4.40. The van der Waals surface area contributed by atoms with Gasteiger partial charge in [-0.3, -0.25) is 9.59 Å². The van der Waals surface area contributed by atoms with Crippen molar-refractivity contribution in [2.45, 2.75) is 19.4 Å².